The fourth-order valence-corrected chi connectivity index (χ4v) is 1.28. The van der Waals surface area contributed by atoms with Gasteiger partial charge < -0.3 is 9.94 Å². The maximum Gasteiger partial charge on any atom is 0.367 e. The number of carbonyl (C=O) groups is 1. The number of hydrogen-bond donors (Lipinski definition) is 1. The van der Waals surface area contributed by atoms with Gasteiger partial charge in [-0.3, -0.25) is 0 Å². The molecular weight excluding hydrogens is 194 g/mol. The lowest BCUT2D eigenvalue weighted by Gasteiger charge is -1.98. The normalized spacial score (nSPS) is 17.8. The minimum absolute atomic E-state index is 0.123. The quantitative estimate of drug-likeness (QED) is 0.558. The van der Waals surface area contributed by atoms with Crippen molar-refractivity contribution in [2.45, 2.75) is 6.92 Å². The van der Waals surface area contributed by atoms with E-state index in [1.54, 1.807) is 37.3 Å². The average Bonchev–Trinajstić information content (AvgIpc) is 2.53. The Bertz CT molecular complexity index is 474. The van der Waals surface area contributed by atoms with Crippen molar-refractivity contribution in [3.8, 4) is 5.75 Å². The number of oxime groups is 1. The molecule has 76 valence electrons. The van der Waals surface area contributed by atoms with E-state index in [0.29, 0.717) is 16.8 Å². The molecule has 0 saturated heterocycles. The molecule has 2 rings (SSSR count). The number of nitrogens with zero attached hydrogens (tertiary/aromatic N) is 1. The van der Waals surface area contributed by atoms with Crippen LogP contribution < -0.4 is 0 Å². The Morgan fingerprint density at radius 1 is 1.40 bits per heavy atom. The predicted molar refractivity (Wildman–Crippen MR) is 55.3 cm³/mol. The Balaban J connectivity index is 2.43. The Kier molecular flexibility index (Phi) is 2.25. The minimum Gasteiger partial charge on any atom is -0.507 e. The van der Waals surface area contributed by atoms with Gasteiger partial charge >= 0.3 is 5.97 Å². The van der Waals surface area contributed by atoms with Gasteiger partial charge in [-0.25, -0.2) is 4.79 Å². The molecule has 1 aliphatic rings. The predicted octanol–water partition coefficient (Wildman–Crippen LogP) is 1.71. The number of carbonyl (C=O) groups excluding carboxylic acids is 1. The number of phenolic OH excluding ortho intramolecular Hbond substituents is 1. The van der Waals surface area contributed by atoms with E-state index in [1.807, 2.05) is 0 Å². The zero-order chi connectivity index (χ0) is 10.8. The summed E-state index contributed by atoms with van der Waals surface area (Å²) in [5, 5.41) is 13.0. The fraction of sp³-hybridized carbons (Fsp3) is 0.0909. The van der Waals surface area contributed by atoms with Crippen LogP contribution in [-0.4, -0.2) is 16.8 Å². The number of phenols is 1. The molecule has 0 saturated carbocycles. The van der Waals surface area contributed by atoms with Crippen LogP contribution in [0.2, 0.25) is 0 Å². The van der Waals surface area contributed by atoms with Gasteiger partial charge in [-0.05, 0) is 19.1 Å². The van der Waals surface area contributed by atoms with E-state index in [0.717, 1.165) is 0 Å². The maximum atomic E-state index is 11.2. The molecule has 0 unspecified atom stereocenters. The molecule has 0 bridgehead atoms. The van der Waals surface area contributed by atoms with Crippen molar-refractivity contribution >= 4 is 17.8 Å². The van der Waals surface area contributed by atoms with Crippen LogP contribution in [0.1, 0.15) is 12.5 Å². The van der Waals surface area contributed by atoms with Crippen molar-refractivity contribution in [3.63, 3.8) is 0 Å². The number of rotatable bonds is 1. The fourth-order valence-electron chi connectivity index (χ4n) is 1.28. The highest BCUT2D eigenvalue weighted by atomic mass is 16.7. The van der Waals surface area contributed by atoms with E-state index in [-0.39, 0.29) is 5.75 Å². The van der Waals surface area contributed by atoms with Crippen LogP contribution >= 0.6 is 0 Å². The molecule has 1 N–H and O–H groups in total. The lowest BCUT2D eigenvalue weighted by molar-refractivity contribution is -0.136. The largest absolute Gasteiger partial charge is 0.507 e. The molecule has 0 spiro atoms. The summed E-state index contributed by atoms with van der Waals surface area (Å²) in [5.74, 6) is -0.367. The van der Waals surface area contributed by atoms with Crippen molar-refractivity contribution < 1.29 is 14.7 Å². The van der Waals surface area contributed by atoms with Gasteiger partial charge in [0, 0.05) is 5.56 Å². The standard InChI is InChI=1S/C11H9NO3/c1-7-9(11(14)15-12-7)6-8-4-2-3-5-10(8)13/h2-6,13H,1H3/b9-6+. The Hall–Kier alpha value is -2.10. The zero-order valence-corrected chi connectivity index (χ0v) is 8.10. The van der Waals surface area contributed by atoms with Crippen LogP contribution in [-0.2, 0) is 9.63 Å². The molecule has 0 amide bonds. The lowest BCUT2D eigenvalue weighted by Crippen LogP contribution is -2.01. The van der Waals surface area contributed by atoms with Gasteiger partial charge in [0.05, 0.1) is 11.3 Å². The second-order valence-electron chi connectivity index (χ2n) is 3.17. The molecule has 0 radical (unpaired) electrons. The van der Waals surface area contributed by atoms with Crippen LogP contribution in [0.15, 0.2) is 35.0 Å². The van der Waals surface area contributed by atoms with E-state index in [9.17, 15) is 9.90 Å². The molecule has 1 aromatic rings. The average molecular weight is 203 g/mol. The SMILES string of the molecule is CC1=NOC(=O)/C1=C/c1ccccc1O. The van der Waals surface area contributed by atoms with Gasteiger partial charge in [-0.15, -0.1) is 0 Å². The highest BCUT2D eigenvalue weighted by molar-refractivity contribution is 6.24. The van der Waals surface area contributed by atoms with Gasteiger partial charge in [0.15, 0.2) is 0 Å². The topological polar surface area (TPSA) is 58.9 Å². The van der Waals surface area contributed by atoms with E-state index < -0.39 is 5.97 Å². The van der Waals surface area contributed by atoms with Crippen molar-refractivity contribution in [1.82, 2.24) is 0 Å². The van der Waals surface area contributed by atoms with Gasteiger partial charge in [0.25, 0.3) is 0 Å². The first-order valence-electron chi connectivity index (χ1n) is 4.44. The van der Waals surface area contributed by atoms with Crippen molar-refractivity contribution in [1.29, 1.82) is 0 Å². The summed E-state index contributed by atoms with van der Waals surface area (Å²) in [5.41, 5.74) is 1.46. The summed E-state index contributed by atoms with van der Waals surface area (Å²) in [7, 11) is 0. The van der Waals surface area contributed by atoms with Gasteiger partial charge in [0.2, 0.25) is 0 Å². The van der Waals surface area contributed by atoms with Gasteiger partial charge in [0.1, 0.15) is 5.75 Å². The van der Waals surface area contributed by atoms with E-state index in [4.69, 9.17) is 0 Å². The van der Waals surface area contributed by atoms with Gasteiger partial charge in [-0.2, -0.15) is 0 Å². The van der Waals surface area contributed by atoms with Crippen LogP contribution in [0, 0.1) is 0 Å². The smallest absolute Gasteiger partial charge is 0.367 e. The van der Waals surface area contributed by atoms with Crippen molar-refractivity contribution in [3.05, 3.63) is 35.4 Å². The number of para-hydroxylation sites is 1. The molecule has 0 fully saturated rings. The lowest BCUT2D eigenvalue weighted by atomic mass is 10.1. The third kappa shape index (κ3) is 1.74. The van der Waals surface area contributed by atoms with Crippen LogP contribution in [0.3, 0.4) is 0 Å². The van der Waals surface area contributed by atoms with E-state index >= 15 is 0 Å². The van der Waals surface area contributed by atoms with Crippen LogP contribution in [0.25, 0.3) is 6.08 Å². The highest BCUT2D eigenvalue weighted by Gasteiger charge is 2.21. The highest BCUT2D eigenvalue weighted by Crippen LogP contribution is 2.21. The molecule has 0 aliphatic carbocycles. The first kappa shape index (κ1) is 9.45. The van der Waals surface area contributed by atoms with Gasteiger partial charge in [-0.1, -0.05) is 23.4 Å². The minimum atomic E-state index is -0.490. The molecule has 15 heavy (non-hydrogen) atoms. The number of hydrogen-bond acceptors (Lipinski definition) is 4. The molecule has 1 heterocycles. The van der Waals surface area contributed by atoms with Crippen molar-refractivity contribution in [2.24, 2.45) is 5.16 Å². The summed E-state index contributed by atoms with van der Waals surface area (Å²) in [4.78, 5) is 15.7. The maximum absolute atomic E-state index is 11.2. The number of benzene rings is 1. The molecule has 0 atom stereocenters. The third-order valence-electron chi connectivity index (χ3n) is 2.11. The summed E-state index contributed by atoms with van der Waals surface area (Å²) >= 11 is 0. The van der Waals surface area contributed by atoms with E-state index in [2.05, 4.69) is 9.99 Å². The zero-order valence-electron chi connectivity index (χ0n) is 8.10. The first-order valence-corrected chi connectivity index (χ1v) is 4.44. The Morgan fingerprint density at radius 2 is 2.13 bits per heavy atom. The summed E-state index contributed by atoms with van der Waals surface area (Å²) in [6.07, 6.45) is 1.56. The van der Waals surface area contributed by atoms with Crippen LogP contribution in [0.4, 0.5) is 0 Å². The number of aromatic hydroxyl groups is 1. The molecular formula is C11H9NO3. The molecule has 4 heteroatoms. The second-order valence-corrected chi connectivity index (χ2v) is 3.17. The summed E-state index contributed by atoms with van der Waals surface area (Å²) < 4.78 is 0. The Labute approximate surface area is 86.5 Å². The molecule has 1 aromatic carbocycles. The first-order chi connectivity index (χ1) is 7.18. The Morgan fingerprint density at radius 3 is 2.73 bits per heavy atom. The van der Waals surface area contributed by atoms with Crippen LogP contribution in [0.5, 0.6) is 5.75 Å². The van der Waals surface area contributed by atoms with E-state index in [1.165, 1.54) is 0 Å². The molecule has 0 aromatic heterocycles. The van der Waals surface area contributed by atoms with Crippen molar-refractivity contribution in [2.75, 3.05) is 0 Å². The summed E-state index contributed by atoms with van der Waals surface area (Å²) in [6, 6.07) is 6.75. The second kappa shape index (κ2) is 3.57. The molecule has 4 nitrogen and oxygen atoms in total. The molecule has 1 aliphatic heterocycles. The third-order valence-corrected chi connectivity index (χ3v) is 2.11. The monoisotopic (exact) mass is 203 g/mol. The summed E-state index contributed by atoms with van der Waals surface area (Å²) in [6.45, 7) is 1.68.